The monoisotopic (exact) mass is 416 g/mol. The molecule has 2 saturated heterocycles. The summed E-state index contributed by atoms with van der Waals surface area (Å²) in [5, 5.41) is 12.8. The van der Waals surface area contributed by atoms with Crippen molar-refractivity contribution in [2.75, 3.05) is 38.5 Å². The SMILES string of the molecule is C=C(Nc1cc2cc(-c3cn[nH]c3)ccc2cn1)C1CCN(C2CCN(C)CC2)CC1. The van der Waals surface area contributed by atoms with E-state index in [0.717, 1.165) is 34.1 Å². The number of hydrogen-bond donors (Lipinski definition) is 2. The van der Waals surface area contributed by atoms with Crippen molar-refractivity contribution in [1.29, 1.82) is 0 Å². The highest BCUT2D eigenvalue weighted by molar-refractivity contribution is 5.88. The molecule has 1 aromatic carbocycles. The lowest BCUT2D eigenvalue weighted by molar-refractivity contribution is 0.0914. The molecule has 2 aliphatic rings. The summed E-state index contributed by atoms with van der Waals surface area (Å²) in [5.74, 6) is 1.39. The van der Waals surface area contributed by atoms with Gasteiger partial charge in [0.25, 0.3) is 0 Å². The molecule has 5 rings (SSSR count). The van der Waals surface area contributed by atoms with Crippen LogP contribution in [0.2, 0.25) is 0 Å². The molecular formula is C25H32N6. The molecule has 2 aromatic heterocycles. The van der Waals surface area contributed by atoms with E-state index in [2.05, 4.69) is 68.2 Å². The second-order valence-electron chi connectivity index (χ2n) is 9.11. The maximum atomic E-state index is 4.62. The first kappa shape index (κ1) is 20.2. The van der Waals surface area contributed by atoms with Crippen molar-refractivity contribution < 1.29 is 0 Å². The molecule has 0 bridgehead atoms. The lowest BCUT2D eigenvalue weighted by atomic mass is 9.91. The number of pyridine rings is 1. The Morgan fingerprint density at radius 3 is 2.55 bits per heavy atom. The Labute approximate surface area is 184 Å². The quantitative estimate of drug-likeness (QED) is 0.647. The van der Waals surface area contributed by atoms with E-state index in [4.69, 9.17) is 0 Å². The average molecular weight is 417 g/mol. The summed E-state index contributed by atoms with van der Waals surface area (Å²) in [6, 6.07) is 9.30. The van der Waals surface area contributed by atoms with Crippen LogP contribution in [0.3, 0.4) is 0 Å². The van der Waals surface area contributed by atoms with E-state index >= 15 is 0 Å². The van der Waals surface area contributed by atoms with Crippen LogP contribution in [0.1, 0.15) is 25.7 Å². The zero-order valence-corrected chi connectivity index (χ0v) is 18.3. The summed E-state index contributed by atoms with van der Waals surface area (Å²) in [6.07, 6.45) is 10.7. The molecule has 162 valence electrons. The minimum atomic E-state index is 0.511. The largest absolute Gasteiger partial charge is 0.344 e. The molecule has 0 spiro atoms. The number of piperidine rings is 2. The molecule has 2 aliphatic heterocycles. The zero-order valence-electron chi connectivity index (χ0n) is 18.3. The second-order valence-corrected chi connectivity index (χ2v) is 9.11. The predicted molar refractivity (Wildman–Crippen MR) is 127 cm³/mol. The van der Waals surface area contributed by atoms with E-state index in [0.29, 0.717) is 5.92 Å². The average Bonchev–Trinajstić information content (AvgIpc) is 3.34. The van der Waals surface area contributed by atoms with E-state index in [1.165, 1.54) is 57.2 Å². The van der Waals surface area contributed by atoms with Gasteiger partial charge < -0.3 is 15.1 Å². The molecule has 2 N–H and O–H groups in total. The highest BCUT2D eigenvalue weighted by Crippen LogP contribution is 2.29. The van der Waals surface area contributed by atoms with Crippen LogP contribution >= 0.6 is 0 Å². The van der Waals surface area contributed by atoms with Crippen molar-refractivity contribution in [3.63, 3.8) is 0 Å². The van der Waals surface area contributed by atoms with Crippen molar-refractivity contribution in [3.8, 4) is 11.1 Å². The maximum Gasteiger partial charge on any atom is 0.130 e. The molecule has 0 radical (unpaired) electrons. The highest BCUT2D eigenvalue weighted by atomic mass is 15.2. The molecular weight excluding hydrogens is 384 g/mol. The van der Waals surface area contributed by atoms with Crippen LogP contribution in [0.5, 0.6) is 0 Å². The number of fused-ring (bicyclic) bond motifs is 1. The van der Waals surface area contributed by atoms with Crippen LogP contribution in [0, 0.1) is 5.92 Å². The molecule has 6 nitrogen and oxygen atoms in total. The third-order valence-electron chi connectivity index (χ3n) is 7.07. The number of aromatic nitrogens is 3. The van der Waals surface area contributed by atoms with Gasteiger partial charge in [0.1, 0.15) is 5.82 Å². The van der Waals surface area contributed by atoms with Crippen LogP contribution < -0.4 is 5.32 Å². The Morgan fingerprint density at radius 1 is 1.00 bits per heavy atom. The predicted octanol–water partition coefficient (Wildman–Crippen LogP) is 4.36. The minimum absolute atomic E-state index is 0.511. The fourth-order valence-corrected chi connectivity index (χ4v) is 5.04. The summed E-state index contributed by atoms with van der Waals surface area (Å²) >= 11 is 0. The lowest BCUT2D eigenvalue weighted by Crippen LogP contribution is -2.47. The van der Waals surface area contributed by atoms with Gasteiger partial charge >= 0.3 is 0 Å². The van der Waals surface area contributed by atoms with Gasteiger partial charge in [-0.1, -0.05) is 18.7 Å². The Kier molecular flexibility index (Phi) is 5.74. The summed E-state index contributed by atoms with van der Waals surface area (Å²) < 4.78 is 0. The number of nitrogens with zero attached hydrogens (tertiary/aromatic N) is 4. The van der Waals surface area contributed by atoms with Crippen LogP contribution in [0.15, 0.2) is 55.1 Å². The highest BCUT2D eigenvalue weighted by Gasteiger charge is 2.28. The lowest BCUT2D eigenvalue weighted by Gasteiger charge is -2.41. The van der Waals surface area contributed by atoms with Gasteiger partial charge in [0.2, 0.25) is 0 Å². The molecule has 6 heteroatoms. The molecule has 0 saturated carbocycles. The van der Waals surface area contributed by atoms with E-state index in [1.54, 1.807) is 0 Å². The number of allylic oxidation sites excluding steroid dienone is 1. The van der Waals surface area contributed by atoms with Crippen molar-refractivity contribution in [2.45, 2.75) is 31.7 Å². The number of benzene rings is 1. The Morgan fingerprint density at radius 2 is 1.81 bits per heavy atom. The number of aromatic amines is 1. The third-order valence-corrected chi connectivity index (χ3v) is 7.07. The molecule has 0 aliphatic carbocycles. The molecule has 2 fully saturated rings. The fraction of sp³-hybridized carbons (Fsp3) is 0.440. The van der Waals surface area contributed by atoms with E-state index in [9.17, 15) is 0 Å². The standard InChI is InChI=1S/C25H32N6/c1-18(19-5-11-31(12-6-19)24-7-9-30(2)10-8-24)29-25-14-22-13-20(23-16-27-28-17-23)3-4-21(22)15-26-25/h3-4,13-17,19,24H,1,5-12H2,2H3,(H,26,29)(H,27,28). The number of H-pyrrole nitrogens is 1. The second kappa shape index (κ2) is 8.81. The van der Waals surface area contributed by atoms with Crippen LogP contribution in [-0.2, 0) is 0 Å². The maximum absolute atomic E-state index is 4.62. The number of nitrogens with one attached hydrogen (secondary N) is 2. The van der Waals surface area contributed by atoms with E-state index < -0.39 is 0 Å². The first-order valence-corrected chi connectivity index (χ1v) is 11.4. The smallest absolute Gasteiger partial charge is 0.130 e. The van der Waals surface area contributed by atoms with Gasteiger partial charge in [-0.15, -0.1) is 0 Å². The Balaban J connectivity index is 1.21. The van der Waals surface area contributed by atoms with Gasteiger partial charge in [-0.05, 0) is 82.0 Å². The Bertz CT molecular complexity index is 1030. The number of anilines is 1. The Hall–Kier alpha value is -2.70. The van der Waals surface area contributed by atoms with Crippen LogP contribution in [0.25, 0.3) is 21.9 Å². The third kappa shape index (κ3) is 4.50. The van der Waals surface area contributed by atoms with Crippen molar-refractivity contribution in [1.82, 2.24) is 25.0 Å². The normalized spacial score (nSPS) is 19.6. The summed E-state index contributed by atoms with van der Waals surface area (Å²) in [4.78, 5) is 9.78. The molecule has 0 unspecified atom stereocenters. The van der Waals surface area contributed by atoms with Gasteiger partial charge in [0, 0.05) is 41.0 Å². The molecule has 31 heavy (non-hydrogen) atoms. The van der Waals surface area contributed by atoms with Gasteiger partial charge in [-0.25, -0.2) is 4.98 Å². The van der Waals surface area contributed by atoms with Gasteiger partial charge in [-0.3, -0.25) is 5.10 Å². The topological polar surface area (TPSA) is 60.1 Å². The summed E-state index contributed by atoms with van der Waals surface area (Å²) in [5.41, 5.74) is 3.34. The van der Waals surface area contributed by atoms with Gasteiger partial charge in [0.15, 0.2) is 0 Å². The number of rotatable bonds is 5. The first-order valence-electron chi connectivity index (χ1n) is 11.4. The minimum Gasteiger partial charge on any atom is -0.344 e. The number of hydrogen-bond acceptors (Lipinski definition) is 5. The van der Waals surface area contributed by atoms with Crippen molar-refractivity contribution in [3.05, 3.63) is 55.1 Å². The molecule has 0 amide bonds. The van der Waals surface area contributed by atoms with Gasteiger partial charge in [-0.2, -0.15) is 5.10 Å². The fourth-order valence-electron chi connectivity index (χ4n) is 5.04. The molecule has 4 heterocycles. The molecule has 3 aromatic rings. The van der Waals surface area contributed by atoms with Crippen LogP contribution in [-0.4, -0.2) is 64.2 Å². The number of likely N-dealkylation sites (tertiary alicyclic amines) is 2. The van der Waals surface area contributed by atoms with Crippen molar-refractivity contribution in [2.24, 2.45) is 5.92 Å². The molecule has 0 atom stereocenters. The first-order chi connectivity index (χ1) is 15.2. The van der Waals surface area contributed by atoms with Gasteiger partial charge in [0.05, 0.1) is 6.20 Å². The van der Waals surface area contributed by atoms with Crippen LogP contribution in [0.4, 0.5) is 5.82 Å². The van der Waals surface area contributed by atoms with Crippen molar-refractivity contribution >= 4 is 16.6 Å². The van der Waals surface area contributed by atoms with E-state index in [-0.39, 0.29) is 0 Å². The summed E-state index contributed by atoms with van der Waals surface area (Å²) in [6.45, 7) is 9.19. The summed E-state index contributed by atoms with van der Waals surface area (Å²) in [7, 11) is 2.23. The van der Waals surface area contributed by atoms with E-state index in [1.807, 2.05) is 18.6 Å². The zero-order chi connectivity index (χ0) is 21.2.